The number of nitrogens with two attached hydrogens (primary N) is 1. The van der Waals surface area contributed by atoms with E-state index < -0.39 is 0 Å². The minimum Gasteiger partial charge on any atom is -0.378 e. The predicted molar refractivity (Wildman–Crippen MR) is 75.1 cm³/mol. The molecule has 0 radical (unpaired) electrons. The monoisotopic (exact) mass is 254 g/mol. The molecule has 1 saturated carbocycles. The molecule has 0 amide bonds. The number of hydrogen-bond acceptors (Lipinski definition) is 3. The van der Waals surface area contributed by atoms with Gasteiger partial charge in [0.1, 0.15) is 0 Å². The molecule has 3 heteroatoms. The van der Waals surface area contributed by atoms with E-state index in [4.69, 9.17) is 10.6 Å². The van der Waals surface area contributed by atoms with Crippen molar-refractivity contribution in [2.24, 2.45) is 17.2 Å². The zero-order valence-electron chi connectivity index (χ0n) is 12.1. The third kappa shape index (κ3) is 3.46. The van der Waals surface area contributed by atoms with E-state index in [1.54, 1.807) is 0 Å². The minimum atomic E-state index is 0.436. The highest BCUT2D eigenvalue weighted by molar-refractivity contribution is 4.90. The summed E-state index contributed by atoms with van der Waals surface area (Å²) in [5.41, 5.74) is 3.53. The lowest BCUT2D eigenvalue weighted by atomic mass is 9.65. The number of rotatable bonds is 5. The van der Waals surface area contributed by atoms with Gasteiger partial charge in [0, 0.05) is 12.6 Å². The summed E-state index contributed by atoms with van der Waals surface area (Å²) in [6.45, 7) is 5.78. The van der Waals surface area contributed by atoms with Gasteiger partial charge in [0.25, 0.3) is 0 Å². The quantitative estimate of drug-likeness (QED) is 0.585. The molecule has 18 heavy (non-hydrogen) atoms. The van der Waals surface area contributed by atoms with Gasteiger partial charge in [-0.2, -0.15) is 0 Å². The predicted octanol–water partition coefficient (Wildman–Crippen LogP) is 2.99. The summed E-state index contributed by atoms with van der Waals surface area (Å²) in [5.74, 6) is 6.54. The van der Waals surface area contributed by atoms with Gasteiger partial charge >= 0.3 is 0 Å². The van der Waals surface area contributed by atoms with Crippen LogP contribution in [-0.2, 0) is 4.74 Å². The summed E-state index contributed by atoms with van der Waals surface area (Å²) in [5, 5.41) is 0. The van der Waals surface area contributed by atoms with Crippen molar-refractivity contribution in [3.63, 3.8) is 0 Å². The molecule has 1 saturated heterocycles. The molecule has 1 aliphatic heterocycles. The van der Waals surface area contributed by atoms with Crippen LogP contribution in [0.4, 0.5) is 0 Å². The molecule has 2 fully saturated rings. The van der Waals surface area contributed by atoms with Crippen LogP contribution in [0.2, 0.25) is 0 Å². The normalized spacial score (nSPS) is 33.5. The van der Waals surface area contributed by atoms with E-state index in [0.29, 0.717) is 17.6 Å². The Morgan fingerprint density at radius 2 is 2.11 bits per heavy atom. The third-order valence-electron chi connectivity index (χ3n) is 5.11. The first-order valence-corrected chi connectivity index (χ1v) is 7.71. The number of hydrogen-bond donors (Lipinski definition) is 2. The third-order valence-corrected chi connectivity index (χ3v) is 5.11. The van der Waals surface area contributed by atoms with Gasteiger partial charge in [-0.25, -0.2) is 0 Å². The average Bonchev–Trinajstić information content (AvgIpc) is 2.84. The van der Waals surface area contributed by atoms with Crippen molar-refractivity contribution < 1.29 is 4.74 Å². The second-order valence-corrected chi connectivity index (χ2v) is 6.83. The summed E-state index contributed by atoms with van der Waals surface area (Å²) in [6, 6.07) is 0.462. The van der Waals surface area contributed by atoms with E-state index in [-0.39, 0.29) is 0 Å². The number of ether oxygens (including phenoxy) is 1. The van der Waals surface area contributed by atoms with Gasteiger partial charge in [0.05, 0.1) is 6.10 Å². The smallest absolute Gasteiger partial charge is 0.0576 e. The lowest BCUT2D eigenvalue weighted by Gasteiger charge is -2.43. The lowest BCUT2D eigenvalue weighted by Crippen LogP contribution is -2.47. The zero-order chi connectivity index (χ0) is 13.0. The number of hydrazine groups is 1. The maximum Gasteiger partial charge on any atom is 0.0576 e. The van der Waals surface area contributed by atoms with E-state index in [2.05, 4.69) is 19.3 Å². The van der Waals surface area contributed by atoms with Gasteiger partial charge in [-0.15, -0.1) is 0 Å². The van der Waals surface area contributed by atoms with Gasteiger partial charge < -0.3 is 4.74 Å². The molecule has 0 aromatic heterocycles. The Balaban J connectivity index is 1.86. The highest BCUT2D eigenvalue weighted by atomic mass is 16.5. The maximum atomic E-state index is 5.82. The molecule has 0 spiro atoms. The van der Waals surface area contributed by atoms with E-state index in [1.807, 2.05) is 0 Å². The van der Waals surface area contributed by atoms with Crippen molar-refractivity contribution in [2.75, 3.05) is 6.61 Å². The van der Waals surface area contributed by atoms with E-state index in [9.17, 15) is 0 Å². The largest absolute Gasteiger partial charge is 0.378 e. The first kappa shape index (κ1) is 14.3. The van der Waals surface area contributed by atoms with Crippen LogP contribution in [-0.4, -0.2) is 18.8 Å². The highest BCUT2D eigenvalue weighted by Crippen LogP contribution is 2.43. The average molecular weight is 254 g/mol. The fourth-order valence-electron chi connectivity index (χ4n) is 3.90. The molecule has 3 nitrogen and oxygen atoms in total. The molecule has 2 aliphatic rings. The fraction of sp³-hybridized carbons (Fsp3) is 1.00. The van der Waals surface area contributed by atoms with Crippen LogP contribution in [0.3, 0.4) is 0 Å². The fourth-order valence-corrected chi connectivity index (χ4v) is 3.90. The summed E-state index contributed by atoms with van der Waals surface area (Å²) >= 11 is 0. The van der Waals surface area contributed by atoms with Crippen LogP contribution in [0.15, 0.2) is 0 Å². The Labute approximate surface area is 112 Å². The Morgan fingerprint density at radius 3 is 2.72 bits per heavy atom. The van der Waals surface area contributed by atoms with Crippen LogP contribution in [0.25, 0.3) is 0 Å². The molecule has 0 bridgehead atoms. The van der Waals surface area contributed by atoms with Crippen molar-refractivity contribution in [2.45, 2.75) is 77.4 Å². The minimum absolute atomic E-state index is 0.436. The topological polar surface area (TPSA) is 47.3 Å². The molecule has 0 aromatic rings. The summed E-state index contributed by atoms with van der Waals surface area (Å²) in [6.07, 6.45) is 10.7. The molecule has 3 N–H and O–H groups in total. The zero-order valence-corrected chi connectivity index (χ0v) is 12.1. The molecule has 0 aromatic carbocycles. The molecule has 3 unspecified atom stereocenters. The molecule has 3 atom stereocenters. The Bertz CT molecular complexity index is 249. The Hall–Kier alpha value is -0.120. The Morgan fingerprint density at radius 1 is 1.28 bits per heavy atom. The first-order chi connectivity index (χ1) is 8.63. The molecule has 1 heterocycles. The van der Waals surface area contributed by atoms with E-state index >= 15 is 0 Å². The second-order valence-electron chi connectivity index (χ2n) is 6.83. The van der Waals surface area contributed by atoms with Gasteiger partial charge in [-0.1, -0.05) is 26.7 Å². The standard InChI is InChI=1S/C15H30N2O/c1-15(2)10-4-3-7-13(15)14(17-16)9-8-12-6-5-11-18-12/h12-14,17H,3-11,16H2,1-2H3. The van der Waals surface area contributed by atoms with Crippen molar-refractivity contribution in [1.82, 2.24) is 5.43 Å². The molecular weight excluding hydrogens is 224 g/mol. The van der Waals surface area contributed by atoms with E-state index in [1.165, 1.54) is 44.9 Å². The van der Waals surface area contributed by atoms with Crippen LogP contribution < -0.4 is 11.3 Å². The highest BCUT2D eigenvalue weighted by Gasteiger charge is 2.37. The second kappa shape index (κ2) is 6.36. The van der Waals surface area contributed by atoms with Gasteiger partial charge in [-0.05, 0) is 49.9 Å². The van der Waals surface area contributed by atoms with Crippen molar-refractivity contribution in [3.05, 3.63) is 0 Å². The lowest BCUT2D eigenvalue weighted by molar-refractivity contribution is 0.0707. The molecule has 1 aliphatic carbocycles. The molecule has 106 valence electrons. The van der Waals surface area contributed by atoms with E-state index in [0.717, 1.165) is 18.9 Å². The molecule has 2 rings (SSSR count). The van der Waals surface area contributed by atoms with Gasteiger partial charge in [0.15, 0.2) is 0 Å². The van der Waals surface area contributed by atoms with Crippen molar-refractivity contribution in [3.8, 4) is 0 Å². The number of nitrogens with one attached hydrogen (secondary N) is 1. The first-order valence-electron chi connectivity index (χ1n) is 7.71. The van der Waals surface area contributed by atoms with Gasteiger partial charge in [0.2, 0.25) is 0 Å². The van der Waals surface area contributed by atoms with Crippen LogP contribution in [0, 0.1) is 11.3 Å². The van der Waals surface area contributed by atoms with Gasteiger partial charge in [-0.3, -0.25) is 11.3 Å². The van der Waals surface area contributed by atoms with Crippen LogP contribution >= 0.6 is 0 Å². The SMILES string of the molecule is CC1(C)CCCCC1C(CCC1CCCO1)NN. The summed E-state index contributed by atoms with van der Waals surface area (Å²) in [7, 11) is 0. The van der Waals surface area contributed by atoms with Crippen LogP contribution in [0.1, 0.15) is 65.2 Å². The van der Waals surface area contributed by atoms with Crippen molar-refractivity contribution in [1.29, 1.82) is 0 Å². The summed E-state index contributed by atoms with van der Waals surface area (Å²) < 4.78 is 5.72. The summed E-state index contributed by atoms with van der Waals surface area (Å²) in [4.78, 5) is 0. The van der Waals surface area contributed by atoms with Crippen LogP contribution in [0.5, 0.6) is 0 Å². The molecular formula is C15H30N2O. The maximum absolute atomic E-state index is 5.82. The van der Waals surface area contributed by atoms with Crippen molar-refractivity contribution >= 4 is 0 Å². The Kier molecular flexibility index (Phi) is 5.05.